The summed E-state index contributed by atoms with van der Waals surface area (Å²) in [5.41, 5.74) is 0.0862. The SMILES string of the molecule is CN(C(=O)COC(=O)c1n[nH]c2ccccc12)C1(C#N)CCCCC1. The molecule has 130 valence electrons. The van der Waals surface area contributed by atoms with Crippen LogP contribution in [0.4, 0.5) is 0 Å². The summed E-state index contributed by atoms with van der Waals surface area (Å²) in [6.45, 7) is -0.403. The number of H-pyrrole nitrogens is 1. The third kappa shape index (κ3) is 3.20. The van der Waals surface area contributed by atoms with Crippen LogP contribution in [0.1, 0.15) is 42.6 Å². The van der Waals surface area contributed by atoms with Crippen molar-refractivity contribution in [2.75, 3.05) is 13.7 Å². The topological polar surface area (TPSA) is 99.1 Å². The molecule has 1 N–H and O–H groups in total. The van der Waals surface area contributed by atoms with E-state index in [1.165, 1.54) is 4.90 Å². The van der Waals surface area contributed by atoms with Gasteiger partial charge in [0.05, 0.1) is 11.6 Å². The number of carbonyl (C=O) groups excluding carboxylic acids is 2. The second-order valence-corrected chi connectivity index (χ2v) is 6.35. The van der Waals surface area contributed by atoms with Crippen molar-refractivity contribution in [3.63, 3.8) is 0 Å². The molecule has 0 atom stereocenters. The highest BCUT2D eigenvalue weighted by atomic mass is 16.5. The Kier molecular flexibility index (Phi) is 4.70. The molecule has 0 unspecified atom stereocenters. The Balaban J connectivity index is 1.65. The normalized spacial score (nSPS) is 16.2. The highest BCUT2D eigenvalue weighted by Crippen LogP contribution is 2.32. The first-order valence-corrected chi connectivity index (χ1v) is 8.35. The summed E-state index contributed by atoms with van der Waals surface area (Å²) >= 11 is 0. The van der Waals surface area contributed by atoms with Gasteiger partial charge in [0.2, 0.25) is 0 Å². The Bertz CT molecular complexity index is 830. The molecule has 1 aliphatic rings. The molecule has 25 heavy (non-hydrogen) atoms. The highest BCUT2D eigenvalue weighted by molar-refractivity contribution is 6.02. The van der Waals surface area contributed by atoms with Gasteiger partial charge < -0.3 is 9.64 Å². The molecule has 1 saturated carbocycles. The number of nitriles is 1. The lowest BCUT2D eigenvalue weighted by molar-refractivity contribution is -0.138. The number of nitrogens with zero attached hydrogens (tertiary/aromatic N) is 3. The van der Waals surface area contributed by atoms with Crippen LogP contribution in [0.15, 0.2) is 24.3 Å². The summed E-state index contributed by atoms with van der Waals surface area (Å²) in [6, 6.07) is 9.48. The predicted molar refractivity (Wildman–Crippen MR) is 90.6 cm³/mol. The van der Waals surface area contributed by atoms with Crippen molar-refractivity contribution in [3.05, 3.63) is 30.0 Å². The van der Waals surface area contributed by atoms with E-state index in [0.717, 1.165) is 24.8 Å². The number of aromatic nitrogens is 2. The van der Waals surface area contributed by atoms with Gasteiger partial charge in [-0.1, -0.05) is 37.5 Å². The molecule has 0 radical (unpaired) electrons. The van der Waals surface area contributed by atoms with Gasteiger partial charge in [-0.2, -0.15) is 10.4 Å². The molecule has 3 rings (SSSR count). The van der Waals surface area contributed by atoms with Crippen LogP contribution in [0.25, 0.3) is 10.9 Å². The van der Waals surface area contributed by atoms with E-state index in [2.05, 4.69) is 16.3 Å². The molecule has 1 heterocycles. The van der Waals surface area contributed by atoms with Crippen molar-refractivity contribution >= 4 is 22.8 Å². The van der Waals surface area contributed by atoms with E-state index in [9.17, 15) is 14.9 Å². The van der Waals surface area contributed by atoms with Crippen LogP contribution in [0.3, 0.4) is 0 Å². The molecule has 0 aliphatic heterocycles. The molecule has 7 nitrogen and oxygen atoms in total. The van der Waals surface area contributed by atoms with Gasteiger partial charge in [-0.15, -0.1) is 0 Å². The standard InChI is InChI=1S/C18H20N4O3/c1-22(18(12-19)9-5-2-6-10-18)15(23)11-25-17(24)16-13-7-3-4-8-14(13)20-21-16/h3-4,7-8H,2,5-6,9-11H2,1H3,(H,20,21). The zero-order chi connectivity index (χ0) is 17.9. The molecular weight excluding hydrogens is 320 g/mol. The van der Waals surface area contributed by atoms with Gasteiger partial charge in [0.15, 0.2) is 12.3 Å². The molecular formula is C18H20N4O3. The quantitative estimate of drug-likeness (QED) is 0.862. The Morgan fingerprint density at radius 1 is 1.32 bits per heavy atom. The number of aromatic amines is 1. The number of hydrogen-bond donors (Lipinski definition) is 1. The summed E-state index contributed by atoms with van der Waals surface area (Å²) in [6.07, 6.45) is 4.23. The van der Waals surface area contributed by atoms with Crippen LogP contribution in [0, 0.1) is 11.3 Å². The molecule has 0 saturated heterocycles. The van der Waals surface area contributed by atoms with Crippen LogP contribution in [-0.2, 0) is 9.53 Å². The van der Waals surface area contributed by atoms with Gasteiger partial charge >= 0.3 is 5.97 Å². The zero-order valence-electron chi connectivity index (χ0n) is 14.1. The first-order valence-electron chi connectivity index (χ1n) is 8.35. The summed E-state index contributed by atoms with van der Waals surface area (Å²) < 4.78 is 5.14. The molecule has 2 aromatic rings. The molecule has 1 aromatic heterocycles. The average Bonchev–Trinajstić information content (AvgIpc) is 3.10. The average molecular weight is 340 g/mol. The number of hydrogen-bond acceptors (Lipinski definition) is 5. The third-order valence-corrected chi connectivity index (χ3v) is 4.90. The minimum absolute atomic E-state index is 0.152. The van der Waals surface area contributed by atoms with Gasteiger partial charge in [-0.25, -0.2) is 4.79 Å². The number of fused-ring (bicyclic) bond motifs is 1. The number of carbonyl (C=O) groups is 2. The summed E-state index contributed by atoms with van der Waals surface area (Å²) in [5.74, 6) is -1.04. The predicted octanol–water partition coefficient (Wildman–Crippen LogP) is 2.40. The van der Waals surface area contributed by atoms with Crippen molar-refractivity contribution in [3.8, 4) is 6.07 Å². The lowest BCUT2D eigenvalue weighted by Crippen LogP contribution is -2.51. The molecule has 0 spiro atoms. The van der Waals surface area contributed by atoms with Gasteiger partial charge in [-0.3, -0.25) is 9.89 Å². The second kappa shape index (κ2) is 6.93. The molecule has 1 aromatic carbocycles. The fraction of sp³-hybridized carbons (Fsp3) is 0.444. The maximum Gasteiger partial charge on any atom is 0.359 e. The number of likely N-dealkylation sites (N-methyl/N-ethyl adjacent to an activating group) is 1. The number of benzene rings is 1. The van der Waals surface area contributed by atoms with E-state index in [1.807, 2.05) is 6.07 Å². The number of nitrogens with one attached hydrogen (secondary N) is 1. The minimum Gasteiger partial charge on any atom is -0.451 e. The van der Waals surface area contributed by atoms with Crippen molar-refractivity contribution < 1.29 is 14.3 Å². The first kappa shape index (κ1) is 17.0. The van der Waals surface area contributed by atoms with E-state index in [-0.39, 0.29) is 11.6 Å². The van der Waals surface area contributed by atoms with Crippen LogP contribution in [-0.4, -0.2) is 46.2 Å². The largest absolute Gasteiger partial charge is 0.451 e. The number of para-hydroxylation sites is 1. The molecule has 0 bridgehead atoms. The van der Waals surface area contributed by atoms with Gasteiger partial charge in [0.25, 0.3) is 5.91 Å². The molecule has 7 heteroatoms. The van der Waals surface area contributed by atoms with Crippen LogP contribution in [0.5, 0.6) is 0 Å². The Hall–Kier alpha value is -2.88. The minimum atomic E-state index is -0.791. The van der Waals surface area contributed by atoms with Gasteiger partial charge in [-0.05, 0) is 18.9 Å². The fourth-order valence-corrected chi connectivity index (χ4v) is 3.31. The lowest BCUT2D eigenvalue weighted by atomic mass is 9.81. The smallest absolute Gasteiger partial charge is 0.359 e. The Labute approximate surface area is 145 Å². The van der Waals surface area contributed by atoms with Crippen molar-refractivity contribution in [1.29, 1.82) is 5.26 Å². The first-order chi connectivity index (χ1) is 12.1. The summed E-state index contributed by atoms with van der Waals surface area (Å²) in [7, 11) is 1.61. The van der Waals surface area contributed by atoms with E-state index >= 15 is 0 Å². The van der Waals surface area contributed by atoms with Crippen LogP contribution in [0.2, 0.25) is 0 Å². The van der Waals surface area contributed by atoms with Crippen molar-refractivity contribution in [2.24, 2.45) is 0 Å². The van der Waals surface area contributed by atoms with Crippen molar-refractivity contribution in [1.82, 2.24) is 15.1 Å². The van der Waals surface area contributed by atoms with E-state index in [4.69, 9.17) is 4.74 Å². The maximum atomic E-state index is 12.4. The van der Waals surface area contributed by atoms with Crippen LogP contribution < -0.4 is 0 Å². The summed E-state index contributed by atoms with van der Waals surface area (Å²) in [4.78, 5) is 26.1. The Morgan fingerprint density at radius 2 is 2.04 bits per heavy atom. The molecule has 1 aliphatic carbocycles. The Morgan fingerprint density at radius 3 is 2.76 bits per heavy atom. The van der Waals surface area contributed by atoms with Crippen LogP contribution >= 0.6 is 0 Å². The molecule has 1 amide bonds. The van der Waals surface area contributed by atoms with Crippen molar-refractivity contribution in [2.45, 2.75) is 37.6 Å². The maximum absolute atomic E-state index is 12.4. The van der Waals surface area contributed by atoms with E-state index in [1.54, 1.807) is 25.2 Å². The zero-order valence-corrected chi connectivity index (χ0v) is 14.1. The number of ether oxygens (including phenoxy) is 1. The van der Waals surface area contributed by atoms with E-state index in [0.29, 0.717) is 18.2 Å². The molecule has 1 fully saturated rings. The highest BCUT2D eigenvalue weighted by Gasteiger charge is 2.39. The van der Waals surface area contributed by atoms with Gasteiger partial charge in [0, 0.05) is 12.4 Å². The fourth-order valence-electron chi connectivity index (χ4n) is 3.31. The third-order valence-electron chi connectivity index (χ3n) is 4.90. The van der Waals surface area contributed by atoms with E-state index < -0.39 is 18.1 Å². The number of rotatable bonds is 4. The monoisotopic (exact) mass is 340 g/mol. The lowest BCUT2D eigenvalue weighted by Gasteiger charge is -2.38. The second-order valence-electron chi connectivity index (χ2n) is 6.35. The number of amides is 1. The van der Waals surface area contributed by atoms with Gasteiger partial charge in [0.1, 0.15) is 5.54 Å². The summed E-state index contributed by atoms with van der Waals surface area (Å²) in [5, 5.41) is 16.9. The number of esters is 1.